The van der Waals surface area contributed by atoms with Crippen molar-refractivity contribution in [1.82, 2.24) is 4.98 Å². The maximum atomic E-state index is 8.53. The van der Waals surface area contributed by atoms with Gasteiger partial charge < -0.3 is 10.5 Å². The molecule has 0 atom stereocenters. The summed E-state index contributed by atoms with van der Waals surface area (Å²) in [4.78, 5) is 4.26. The van der Waals surface area contributed by atoms with Gasteiger partial charge in [0.05, 0.1) is 11.9 Å². The van der Waals surface area contributed by atoms with Crippen LogP contribution < -0.4 is 5.32 Å². The molecule has 4 nitrogen and oxygen atoms in total. The van der Waals surface area contributed by atoms with Gasteiger partial charge in [0.25, 0.3) is 0 Å². The standard InChI is InChI=1S/C20H17N3O/c24-22-15-18-11-6-10-17(23-18)9-3-4-14-21-20-13-5-8-16-7-1-2-12-19(16)20/h1-2,5-8,10-13,15,21,24H,4,14H2/b22-15+. The molecule has 4 heteroatoms. The second-order valence-corrected chi connectivity index (χ2v) is 5.20. The number of oxime groups is 1. The van der Waals surface area contributed by atoms with Crippen LogP contribution in [0.5, 0.6) is 0 Å². The van der Waals surface area contributed by atoms with Crippen LogP contribution in [0.1, 0.15) is 17.8 Å². The number of hydrogen-bond donors (Lipinski definition) is 2. The number of hydrogen-bond acceptors (Lipinski definition) is 4. The highest BCUT2D eigenvalue weighted by molar-refractivity contribution is 5.93. The van der Waals surface area contributed by atoms with Crippen molar-refractivity contribution in [2.24, 2.45) is 5.16 Å². The number of nitrogens with one attached hydrogen (secondary N) is 1. The topological polar surface area (TPSA) is 57.5 Å². The van der Waals surface area contributed by atoms with Gasteiger partial charge in [-0.05, 0) is 29.5 Å². The fourth-order valence-electron chi connectivity index (χ4n) is 2.44. The Morgan fingerprint density at radius 2 is 1.88 bits per heavy atom. The number of pyridine rings is 1. The first-order valence-corrected chi connectivity index (χ1v) is 7.72. The van der Waals surface area contributed by atoms with Gasteiger partial charge in [0.2, 0.25) is 0 Å². The Balaban J connectivity index is 1.60. The van der Waals surface area contributed by atoms with Gasteiger partial charge in [-0.15, -0.1) is 0 Å². The maximum Gasteiger partial charge on any atom is 0.113 e. The van der Waals surface area contributed by atoms with Crippen molar-refractivity contribution in [2.45, 2.75) is 6.42 Å². The van der Waals surface area contributed by atoms with Gasteiger partial charge in [0, 0.05) is 24.0 Å². The highest BCUT2D eigenvalue weighted by Crippen LogP contribution is 2.22. The monoisotopic (exact) mass is 315 g/mol. The number of benzene rings is 2. The summed E-state index contributed by atoms with van der Waals surface area (Å²) in [7, 11) is 0. The van der Waals surface area contributed by atoms with Crippen molar-refractivity contribution in [3.63, 3.8) is 0 Å². The van der Waals surface area contributed by atoms with Gasteiger partial charge in [0.1, 0.15) is 5.69 Å². The van der Waals surface area contributed by atoms with Crippen LogP contribution in [0.4, 0.5) is 5.69 Å². The molecule has 3 rings (SSSR count). The average Bonchev–Trinajstić information content (AvgIpc) is 2.62. The molecule has 0 saturated heterocycles. The predicted octanol–water partition coefficient (Wildman–Crippen LogP) is 3.90. The lowest BCUT2D eigenvalue weighted by Gasteiger charge is -2.08. The molecule has 0 amide bonds. The number of fused-ring (bicyclic) bond motifs is 1. The molecule has 1 heterocycles. The molecule has 1 aromatic heterocycles. The Morgan fingerprint density at radius 1 is 1.04 bits per heavy atom. The lowest BCUT2D eigenvalue weighted by molar-refractivity contribution is 0.321. The van der Waals surface area contributed by atoms with Gasteiger partial charge in [-0.1, -0.05) is 53.5 Å². The number of anilines is 1. The van der Waals surface area contributed by atoms with E-state index in [1.807, 2.05) is 24.3 Å². The lowest BCUT2D eigenvalue weighted by Crippen LogP contribution is -2.00. The number of nitrogens with zero attached hydrogens (tertiary/aromatic N) is 2. The van der Waals surface area contributed by atoms with E-state index in [1.54, 1.807) is 6.07 Å². The molecule has 2 aromatic carbocycles. The summed E-state index contributed by atoms with van der Waals surface area (Å²) in [6.07, 6.45) is 2.00. The first-order chi connectivity index (χ1) is 11.9. The van der Waals surface area contributed by atoms with E-state index in [-0.39, 0.29) is 0 Å². The molecular weight excluding hydrogens is 298 g/mol. The Morgan fingerprint density at radius 3 is 2.79 bits per heavy atom. The van der Waals surface area contributed by atoms with Gasteiger partial charge >= 0.3 is 0 Å². The van der Waals surface area contributed by atoms with E-state index in [4.69, 9.17) is 5.21 Å². The summed E-state index contributed by atoms with van der Waals surface area (Å²) in [6.45, 7) is 0.763. The number of rotatable bonds is 4. The van der Waals surface area contributed by atoms with Crippen molar-refractivity contribution in [2.75, 3.05) is 11.9 Å². The third-order valence-electron chi connectivity index (χ3n) is 3.53. The zero-order valence-corrected chi connectivity index (χ0v) is 13.1. The minimum absolute atomic E-state index is 0.582. The van der Waals surface area contributed by atoms with Crippen LogP contribution in [-0.4, -0.2) is 23.0 Å². The molecule has 24 heavy (non-hydrogen) atoms. The molecule has 0 aliphatic heterocycles. The summed E-state index contributed by atoms with van der Waals surface area (Å²) in [5, 5.41) is 17.4. The van der Waals surface area contributed by atoms with Crippen LogP contribution in [-0.2, 0) is 0 Å². The normalized spacial score (nSPS) is 10.5. The molecule has 3 aromatic rings. The highest BCUT2D eigenvalue weighted by atomic mass is 16.4. The summed E-state index contributed by atoms with van der Waals surface area (Å²) < 4.78 is 0. The zero-order chi connectivity index (χ0) is 16.6. The van der Waals surface area contributed by atoms with Crippen LogP contribution in [0.2, 0.25) is 0 Å². The molecule has 0 fully saturated rings. The van der Waals surface area contributed by atoms with Gasteiger partial charge in [-0.25, -0.2) is 4.98 Å². The Labute approximate surface area is 140 Å². The van der Waals surface area contributed by atoms with Crippen LogP contribution in [0, 0.1) is 11.8 Å². The van der Waals surface area contributed by atoms with Crippen LogP contribution in [0.15, 0.2) is 65.8 Å². The van der Waals surface area contributed by atoms with Crippen LogP contribution in [0.25, 0.3) is 10.8 Å². The highest BCUT2D eigenvalue weighted by Gasteiger charge is 1.98. The van der Waals surface area contributed by atoms with Crippen molar-refractivity contribution in [3.05, 3.63) is 72.1 Å². The fraction of sp³-hybridized carbons (Fsp3) is 0.100. The molecule has 0 aliphatic rings. The first kappa shape index (κ1) is 15.6. The van der Waals surface area contributed by atoms with E-state index >= 15 is 0 Å². The largest absolute Gasteiger partial charge is 0.411 e. The average molecular weight is 315 g/mol. The van der Waals surface area contributed by atoms with Crippen LogP contribution >= 0.6 is 0 Å². The second kappa shape index (κ2) is 7.80. The van der Waals surface area contributed by atoms with Gasteiger partial charge in [-0.3, -0.25) is 0 Å². The van der Waals surface area contributed by atoms with E-state index < -0.39 is 0 Å². The molecule has 0 saturated carbocycles. The maximum absolute atomic E-state index is 8.53. The molecule has 0 aliphatic carbocycles. The molecule has 0 radical (unpaired) electrons. The molecule has 118 valence electrons. The van der Waals surface area contributed by atoms with Gasteiger partial charge in [0.15, 0.2) is 0 Å². The zero-order valence-electron chi connectivity index (χ0n) is 13.1. The quantitative estimate of drug-likeness (QED) is 0.252. The minimum Gasteiger partial charge on any atom is -0.411 e. The summed E-state index contributed by atoms with van der Waals surface area (Å²) in [6, 6.07) is 20.0. The van der Waals surface area contributed by atoms with E-state index in [9.17, 15) is 0 Å². The minimum atomic E-state index is 0.582. The predicted molar refractivity (Wildman–Crippen MR) is 97.6 cm³/mol. The Bertz CT molecular complexity index is 917. The molecular formula is C20H17N3O. The SMILES string of the molecule is O/N=C/c1cccc(C#CCCNc2cccc3ccccc23)n1. The first-order valence-electron chi connectivity index (χ1n) is 7.72. The molecule has 0 spiro atoms. The Hall–Kier alpha value is -3.32. The molecule has 0 bridgehead atoms. The van der Waals surface area contributed by atoms with Crippen molar-refractivity contribution in [3.8, 4) is 11.8 Å². The second-order valence-electron chi connectivity index (χ2n) is 5.20. The van der Waals surface area contributed by atoms with Crippen molar-refractivity contribution < 1.29 is 5.21 Å². The molecule has 2 N–H and O–H groups in total. The van der Waals surface area contributed by atoms with Gasteiger partial charge in [-0.2, -0.15) is 0 Å². The number of aromatic nitrogens is 1. The smallest absolute Gasteiger partial charge is 0.113 e. The third kappa shape index (κ3) is 3.90. The van der Waals surface area contributed by atoms with E-state index in [0.29, 0.717) is 17.8 Å². The fourth-order valence-corrected chi connectivity index (χ4v) is 2.44. The van der Waals surface area contributed by atoms with Crippen molar-refractivity contribution in [1.29, 1.82) is 0 Å². The lowest BCUT2D eigenvalue weighted by atomic mass is 10.1. The van der Waals surface area contributed by atoms with E-state index in [0.717, 1.165) is 12.2 Å². The summed E-state index contributed by atoms with van der Waals surface area (Å²) >= 11 is 0. The Kier molecular flexibility index (Phi) is 5.06. The van der Waals surface area contributed by atoms with Crippen LogP contribution in [0.3, 0.4) is 0 Å². The van der Waals surface area contributed by atoms with E-state index in [1.165, 1.54) is 17.0 Å². The summed E-state index contributed by atoms with van der Waals surface area (Å²) in [5.74, 6) is 6.13. The summed E-state index contributed by atoms with van der Waals surface area (Å²) in [5.41, 5.74) is 2.37. The van der Waals surface area contributed by atoms with Crippen molar-refractivity contribution >= 4 is 22.7 Å². The molecule has 0 unspecified atom stereocenters. The van der Waals surface area contributed by atoms with E-state index in [2.05, 4.69) is 57.6 Å². The third-order valence-corrected chi connectivity index (χ3v) is 3.53.